The monoisotopic (exact) mass is 270 g/mol. The van der Waals surface area contributed by atoms with Crippen LogP contribution in [-0.2, 0) is 4.79 Å². The van der Waals surface area contributed by atoms with E-state index in [9.17, 15) is 9.59 Å². The highest BCUT2D eigenvalue weighted by atomic mass is 16.4. The molecule has 1 atom stereocenters. The van der Waals surface area contributed by atoms with Crippen molar-refractivity contribution in [2.24, 2.45) is 5.92 Å². The fourth-order valence-electron chi connectivity index (χ4n) is 2.58. The number of carbonyl (C=O) groups is 2. The van der Waals surface area contributed by atoms with Crippen molar-refractivity contribution in [3.8, 4) is 0 Å². The van der Waals surface area contributed by atoms with Gasteiger partial charge < -0.3 is 15.3 Å². The molecule has 2 N–H and O–H groups in total. The van der Waals surface area contributed by atoms with Gasteiger partial charge in [0.1, 0.15) is 0 Å². The number of nitrogens with one attached hydrogen (secondary N) is 1. The van der Waals surface area contributed by atoms with Crippen molar-refractivity contribution >= 4 is 12.0 Å². The van der Waals surface area contributed by atoms with Gasteiger partial charge in [-0.15, -0.1) is 0 Å². The van der Waals surface area contributed by atoms with Crippen LogP contribution in [0, 0.1) is 5.92 Å². The molecule has 0 bridgehead atoms. The van der Waals surface area contributed by atoms with Crippen LogP contribution in [-0.4, -0.2) is 41.6 Å². The number of nitrogens with zero attached hydrogens (tertiary/aromatic N) is 1. The van der Waals surface area contributed by atoms with Gasteiger partial charge in [-0.25, -0.2) is 4.79 Å². The lowest BCUT2D eigenvalue weighted by Crippen LogP contribution is -2.38. The number of hydrogen-bond donors (Lipinski definition) is 2. The van der Waals surface area contributed by atoms with Crippen LogP contribution in [0.15, 0.2) is 0 Å². The summed E-state index contributed by atoms with van der Waals surface area (Å²) in [6.45, 7) is 4.49. The van der Waals surface area contributed by atoms with Crippen LogP contribution in [0.2, 0.25) is 0 Å². The highest BCUT2D eigenvalue weighted by molar-refractivity contribution is 5.74. The molecular formula is C14H26N2O3. The summed E-state index contributed by atoms with van der Waals surface area (Å²) in [4.78, 5) is 24.2. The van der Waals surface area contributed by atoms with E-state index in [0.29, 0.717) is 18.9 Å². The number of carboxylic acids is 1. The standard InChI is InChI=1S/C14H26N2O3/c1-2-5-12(6-7-13(17)18)8-9-15-14(19)16-10-3-4-11-16/h12H,2-11H2,1H3,(H,15,19)(H,17,18). The number of hydrogen-bond acceptors (Lipinski definition) is 2. The molecule has 19 heavy (non-hydrogen) atoms. The second kappa shape index (κ2) is 8.77. The van der Waals surface area contributed by atoms with E-state index < -0.39 is 5.97 Å². The molecule has 1 aliphatic heterocycles. The van der Waals surface area contributed by atoms with Crippen LogP contribution in [0.25, 0.3) is 0 Å². The number of aliphatic carboxylic acids is 1. The minimum atomic E-state index is -0.734. The Hall–Kier alpha value is -1.26. The predicted octanol–water partition coefficient (Wildman–Crippen LogP) is 2.46. The zero-order valence-electron chi connectivity index (χ0n) is 11.9. The molecule has 1 aliphatic rings. The third-order valence-corrected chi connectivity index (χ3v) is 3.69. The van der Waals surface area contributed by atoms with Crippen molar-refractivity contribution in [1.82, 2.24) is 10.2 Å². The Balaban J connectivity index is 2.19. The topological polar surface area (TPSA) is 69.6 Å². The highest BCUT2D eigenvalue weighted by Gasteiger charge is 2.17. The van der Waals surface area contributed by atoms with Gasteiger partial charge in [0.2, 0.25) is 0 Å². The van der Waals surface area contributed by atoms with E-state index in [1.807, 2.05) is 4.90 Å². The summed E-state index contributed by atoms with van der Waals surface area (Å²) in [6, 6.07) is 0.0333. The maximum atomic E-state index is 11.8. The molecule has 110 valence electrons. The zero-order chi connectivity index (χ0) is 14.1. The lowest BCUT2D eigenvalue weighted by molar-refractivity contribution is -0.137. The zero-order valence-corrected chi connectivity index (χ0v) is 11.9. The van der Waals surface area contributed by atoms with Crippen molar-refractivity contribution in [2.75, 3.05) is 19.6 Å². The number of urea groups is 1. The van der Waals surface area contributed by atoms with Gasteiger partial charge in [0.15, 0.2) is 0 Å². The van der Waals surface area contributed by atoms with Gasteiger partial charge in [0, 0.05) is 26.1 Å². The Bertz CT molecular complexity index is 288. The summed E-state index contributed by atoms with van der Waals surface area (Å²) in [5, 5.41) is 11.7. The molecule has 2 amide bonds. The van der Waals surface area contributed by atoms with Gasteiger partial charge in [-0.3, -0.25) is 4.79 Å². The van der Waals surface area contributed by atoms with Crippen molar-refractivity contribution in [1.29, 1.82) is 0 Å². The first-order valence-electron chi connectivity index (χ1n) is 7.38. The largest absolute Gasteiger partial charge is 0.481 e. The van der Waals surface area contributed by atoms with Crippen LogP contribution < -0.4 is 5.32 Å². The predicted molar refractivity (Wildman–Crippen MR) is 74.1 cm³/mol. The second-order valence-electron chi connectivity index (χ2n) is 5.30. The van der Waals surface area contributed by atoms with E-state index in [-0.39, 0.29) is 12.5 Å². The Morgan fingerprint density at radius 3 is 2.47 bits per heavy atom. The van der Waals surface area contributed by atoms with Crippen LogP contribution in [0.3, 0.4) is 0 Å². The SMILES string of the molecule is CCCC(CCNC(=O)N1CCCC1)CCC(=O)O. The molecule has 1 fully saturated rings. The number of carboxylic acid groups (broad SMARTS) is 1. The third-order valence-electron chi connectivity index (χ3n) is 3.69. The lowest BCUT2D eigenvalue weighted by atomic mass is 9.94. The minimum Gasteiger partial charge on any atom is -0.481 e. The fourth-order valence-corrected chi connectivity index (χ4v) is 2.58. The number of carbonyl (C=O) groups excluding carboxylic acids is 1. The van der Waals surface area contributed by atoms with Crippen molar-refractivity contribution < 1.29 is 14.7 Å². The number of rotatable bonds is 8. The van der Waals surface area contributed by atoms with Crippen molar-refractivity contribution in [2.45, 2.75) is 51.9 Å². The van der Waals surface area contributed by atoms with Gasteiger partial charge >= 0.3 is 12.0 Å². The molecule has 0 saturated carbocycles. The van der Waals surface area contributed by atoms with Gasteiger partial charge in [-0.05, 0) is 31.6 Å². The molecule has 0 aliphatic carbocycles. The fraction of sp³-hybridized carbons (Fsp3) is 0.857. The average Bonchev–Trinajstić information content (AvgIpc) is 2.89. The molecule has 0 spiro atoms. The summed E-state index contributed by atoms with van der Waals surface area (Å²) < 4.78 is 0. The summed E-state index contributed by atoms with van der Waals surface area (Å²) in [6.07, 6.45) is 6.11. The van der Waals surface area contributed by atoms with Crippen LogP contribution >= 0.6 is 0 Å². The van der Waals surface area contributed by atoms with Gasteiger partial charge in [0.05, 0.1) is 0 Å². The van der Waals surface area contributed by atoms with Gasteiger partial charge in [0.25, 0.3) is 0 Å². The van der Waals surface area contributed by atoms with Crippen molar-refractivity contribution in [3.05, 3.63) is 0 Å². The Labute approximate surface area is 115 Å². The maximum absolute atomic E-state index is 11.8. The third kappa shape index (κ3) is 6.45. The Morgan fingerprint density at radius 1 is 1.21 bits per heavy atom. The molecule has 0 radical (unpaired) electrons. The summed E-state index contributed by atoms with van der Waals surface area (Å²) >= 11 is 0. The van der Waals surface area contributed by atoms with Crippen LogP contribution in [0.1, 0.15) is 51.9 Å². The van der Waals surface area contributed by atoms with Crippen molar-refractivity contribution in [3.63, 3.8) is 0 Å². The molecule has 1 saturated heterocycles. The number of amides is 2. The Kier molecular flexibility index (Phi) is 7.30. The van der Waals surface area contributed by atoms with Crippen LogP contribution in [0.5, 0.6) is 0 Å². The molecular weight excluding hydrogens is 244 g/mol. The van der Waals surface area contributed by atoms with E-state index >= 15 is 0 Å². The summed E-state index contributed by atoms with van der Waals surface area (Å²) in [5.74, 6) is -0.331. The second-order valence-corrected chi connectivity index (χ2v) is 5.30. The summed E-state index contributed by atoms with van der Waals surface area (Å²) in [7, 11) is 0. The lowest BCUT2D eigenvalue weighted by Gasteiger charge is -2.19. The first-order chi connectivity index (χ1) is 9.13. The Morgan fingerprint density at radius 2 is 1.89 bits per heavy atom. The molecule has 0 aromatic rings. The smallest absolute Gasteiger partial charge is 0.317 e. The van der Waals surface area contributed by atoms with E-state index in [4.69, 9.17) is 5.11 Å². The number of likely N-dealkylation sites (tertiary alicyclic amines) is 1. The minimum absolute atomic E-state index is 0.0333. The molecule has 5 nitrogen and oxygen atoms in total. The van der Waals surface area contributed by atoms with E-state index in [2.05, 4.69) is 12.2 Å². The first kappa shape index (κ1) is 15.8. The molecule has 5 heteroatoms. The first-order valence-corrected chi connectivity index (χ1v) is 7.38. The maximum Gasteiger partial charge on any atom is 0.317 e. The summed E-state index contributed by atoms with van der Waals surface area (Å²) in [5.41, 5.74) is 0. The normalized spacial score (nSPS) is 16.4. The quantitative estimate of drug-likeness (QED) is 0.712. The molecule has 1 heterocycles. The highest BCUT2D eigenvalue weighted by Crippen LogP contribution is 2.17. The van der Waals surface area contributed by atoms with E-state index in [1.165, 1.54) is 0 Å². The molecule has 0 aromatic carbocycles. The van der Waals surface area contributed by atoms with E-state index in [1.54, 1.807) is 0 Å². The van der Waals surface area contributed by atoms with E-state index in [0.717, 1.165) is 45.2 Å². The van der Waals surface area contributed by atoms with Gasteiger partial charge in [-0.1, -0.05) is 19.8 Å². The van der Waals surface area contributed by atoms with Crippen LogP contribution in [0.4, 0.5) is 4.79 Å². The molecule has 1 rings (SSSR count). The molecule has 1 unspecified atom stereocenters. The van der Waals surface area contributed by atoms with Gasteiger partial charge in [-0.2, -0.15) is 0 Å². The average molecular weight is 270 g/mol. The molecule has 0 aromatic heterocycles.